The lowest BCUT2D eigenvalue weighted by Gasteiger charge is -2.16. The molecule has 0 N–H and O–H groups in total. The van der Waals surface area contributed by atoms with E-state index in [9.17, 15) is 0 Å². The third kappa shape index (κ3) is 3.55. The molecule has 0 saturated heterocycles. The molecule has 258 valence electrons. The van der Waals surface area contributed by atoms with Crippen molar-refractivity contribution in [1.29, 1.82) is 0 Å². The summed E-state index contributed by atoms with van der Waals surface area (Å²) >= 11 is 0. The van der Waals surface area contributed by atoms with Crippen LogP contribution in [0, 0.1) is 0 Å². The van der Waals surface area contributed by atoms with Crippen molar-refractivity contribution in [3.63, 3.8) is 0 Å². The van der Waals surface area contributed by atoms with E-state index in [0.29, 0.717) is 0 Å². The van der Waals surface area contributed by atoms with Gasteiger partial charge in [-0.1, -0.05) is 121 Å². The molecule has 0 bridgehead atoms. The van der Waals surface area contributed by atoms with E-state index < -0.39 is 0 Å². The molecule has 0 radical (unpaired) electrons. The van der Waals surface area contributed by atoms with E-state index in [1.54, 1.807) is 0 Å². The summed E-state index contributed by atoms with van der Waals surface area (Å²) in [5.41, 5.74) is 11.0. The molecule has 14 aromatic rings. The highest BCUT2D eigenvalue weighted by molar-refractivity contribution is 6.30. The fourth-order valence-electron chi connectivity index (χ4n) is 9.77. The van der Waals surface area contributed by atoms with E-state index in [0.717, 1.165) is 110 Å². The Morgan fingerprint density at radius 2 is 0.571 bits per heavy atom. The van der Waals surface area contributed by atoms with Gasteiger partial charge in [-0.15, -0.1) is 0 Å². The first-order valence-corrected chi connectivity index (χ1v) is 19.0. The second kappa shape index (κ2) is 10.1. The highest BCUT2D eigenvalue weighted by Gasteiger charge is 2.22. The van der Waals surface area contributed by atoms with Crippen molar-refractivity contribution in [3.05, 3.63) is 158 Å². The van der Waals surface area contributed by atoms with Gasteiger partial charge in [0.1, 0.15) is 22.3 Å². The van der Waals surface area contributed by atoms with Crippen molar-refractivity contribution in [2.45, 2.75) is 0 Å². The molecule has 0 aliphatic carbocycles. The van der Waals surface area contributed by atoms with E-state index in [1.807, 2.05) is 36.4 Å². The molecular weight excluding hydrogens is 689 g/mol. The van der Waals surface area contributed by atoms with E-state index in [1.165, 1.54) is 32.3 Å². The van der Waals surface area contributed by atoms with Crippen LogP contribution in [-0.2, 0) is 0 Å². The predicted octanol–water partition coefficient (Wildman–Crippen LogP) is 15.5. The normalized spacial score (nSPS) is 12.6. The van der Waals surface area contributed by atoms with Crippen molar-refractivity contribution in [2.24, 2.45) is 0 Å². The molecule has 0 amide bonds. The van der Waals surface area contributed by atoms with Gasteiger partial charge in [0.05, 0.1) is 0 Å². The zero-order valence-corrected chi connectivity index (χ0v) is 29.6. The minimum atomic E-state index is 0.782. The summed E-state index contributed by atoms with van der Waals surface area (Å²) in [6.45, 7) is 0. The van der Waals surface area contributed by atoms with Gasteiger partial charge in [-0.3, -0.25) is 0 Å². The second-order valence-corrected chi connectivity index (χ2v) is 15.1. The predicted molar refractivity (Wildman–Crippen MR) is 230 cm³/mol. The van der Waals surface area contributed by atoms with Crippen molar-refractivity contribution in [2.75, 3.05) is 0 Å². The van der Waals surface area contributed by atoms with Crippen LogP contribution in [0.2, 0.25) is 0 Å². The molecule has 14 rings (SSSR count). The molecule has 0 fully saturated rings. The monoisotopic (exact) mass is 714 g/mol. The Morgan fingerprint density at radius 1 is 0.214 bits per heavy atom. The molecule has 0 unspecified atom stereocenters. The van der Waals surface area contributed by atoms with Gasteiger partial charge in [0, 0.05) is 54.2 Å². The van der Waals surface area contributed by atoms with Crippen LogP contribution < -0.4 is 0 Å². The number of hydrogen-bond donors (Lipinski definition) is 0. The molecule has 56 heavy (non-hydrogen) atoms. The summed E-state index contributed by atoms with van der Waals surface area (Å²) in [4.78, 5) is 0. The number of fused-ring (bicyclic) bond motifs is 14. The minimum absolute atomic E-state index is 0.782. The lowest BCUT2D eigenvalue weighted by atomic mass is 9.87. The first-order valence-electron chi connectivity index (χ1n) is 19.0. The largest absolute Gasteiger partial charge is 0.452 e. The van der Waals surface area contributed by atoms with Gasteiger partial charge in [0.2, 0.25) is 0 Å². The summed E-state index contributed by atoms with van der Waals surface area (Å²) in [6, 6.07) is 56.0. The van der Waals surface area contributed by atoms with Crippen LogP contribution in [0.5, 0.6) is 0 Å². The second-order valence-electron chi connectivity index (χ2n) is 15.1. The van der Waals surface area contributed by atoms with Gasteiger partial charge in [0.25, 0.3) is 0 Å². The number of benzene rings is 10. The molecule has 4 heteroatoms. The van der Waals surface area contributed by atoms with Crippen molar-refractivity contribution >= 4 is 120 Å². The number of furan rings is 4. The van der Waals surface area contributed by atoms with Crippen LogP contribution in [0.4, 0.5) is 0 Å². The fraction of sp³-hybridized carbons (Fsp3) is 0. The Kier molecular flexibility index (Phi) is 5.23. The maximum absolute atomic E-state index is 6.85. The first kappa shape index (κ1) is 28.9. The third-order valence-electron chi connectivity index (χ3n) is 12.3. The third-order valence-corrected chi connectivity index (χ3v) is 12.3. The molecule has 0 aliphatic rings. The van der Waals surface area contributed by atoms with Crippen LogP contribution in [0.3, 0.4) is 0 Å². The van der Waals surface area contributed by atoms with Gasteiger partial charge >= 0.3 is 0 Å². The Morgan fingerprint density at radius 3 is 1.05 bits per heavy atom. The van der Waals surface area contributed by atoms with Crippen LogP contribution in [0.1, 0.15) is 0 Å². The zero-order valence-electron chi connectivity index (χ0n) is 29.6. The van der Waals surface area contributed by atoms with Gasteiger partial charge in [-0.2, -0.15) is 0 Å². The van der Waals surface area contributed by atoms with Gasteiger partial charge in [-0.05, 0) is 79.8 Å². The first-order chi connectivity index (χ1) is 27.8. The number of para-hydroxylation sites is 4. The Balaban J connectivity index is 1.01. The number of rotatable bonds is 2. The topological polar surface area (TPSA) is 52.6 Å². The lowest BCUT2D eigenvalue weighted by molar-refractivity contribution is 0.634. The summed E-state index contributed by atoms with van der Waals surface area (Å²) in [7, 11) is 0. The maximum atomic E-state index is 6.85. The molecule has 10 aromatic carbocycles. The van der Waals surface area contributed by atoms with Gasteiger partial charge < -0.3 is 17.7 Å². The Bertz CT molecular complexity index is 3740. The Labute approximate surface area is 316 Å². The van der Waals surface area contributed by atoms with Crippen LogP contribution >= 0.6 is 0 Å². The average molecular weight is 715 g/mol. The highest BCUT2D eigenvalue weighted by atomic mass is 16.4. The molecular formula is C52H26O4. The highest BCUT2D eigenvalue weighted by Crippen LogP contribution is 2.48. The SMILES string of the molecule is c1ccc2c(c1)oc1c2ccc2c3cccc(-c4ccc5ccc6c(-c7cccc8c7oc7c8ccc8c9ccccc9oc87)ccc7ccc4c5c76)c3oc21. The molecule has 0 atom stereocenters. The van der Waals surface area contributed by atoms with Crippen LogP contribution in [0.25, 0.3) is 142 Å². The molecule has 4 heterocycles. The fourth-order valence-corrected chi connectivity index (χ4v) is 9.77. The van der Waals surface area contributed by atoms with E-state index >= 15 is 0 Å². The molecule has 4 nitrogen and oxygen atoms in total. The molecule has 0 aliphatic heterocycles. The van der Waals surface area contributed by atoms with Gasteiger partial charge in [0.15, 0.2) is 22.3 Å². The average Bonchev–Trinajstić information content (AvgIpc) is 4.02. The van der Waals surface area contributed by atoms with Crippen molar-refractivity contribution < 1.29 is 17.7 Å². The van der Waals surface area contributed by atoms with Gasteiger partial charge in [-0.25, -0.2) is 0 Å². The molecule has 0 spiro atoms. The Hall–Kier alpha value is -7.56. The smallest absolute Gasteiger partial charge is 0.178 e. The van der Waals surface area contributed by atoms with Crippen LogP contribution in [-0.4, -0.2) is 0 Å². The summed E-state index contributed by atoms with van der Waals surface area (Å²) in [6.07, 6.45) is 0. The van der Waals surface area contributed by atoms with E-state index in [4.69, 9.17) is 17.7 Å². The van der Waals surface area contributed by atoms with Crippen molar-refractivity contribution in [3.8, 4) is 22.3 Å². The number of hydrogen-bond acceptors (Lipinski definition) is 4. The zero-order chi connectivity index (χ0) is 36.2. The van der Waals surface area contributed by atoms with E-state index in [2.05, 4.69) is 121 Å². The minimum Gasteiger partial charge on any atom is -0.452 e. The van der Waals surface area contributed by atoms with Crippen molar-refractivity contribution in [1.82, 2.24) is 0 Å². The maximum Gasteiger partial charge on any atom is 0.178 e. The molecule has 0 saturated carbocycles. The summed E-state index contributed by atoms with van der Waals surface area (Å²) in [5.74, 6) is 0. The van der Waals surface area contributed by atoms with E-state index in [-0.39, 0.29) is 0 Å². The summed E-state index contributed by atoms with van der Waals surface area (Å²) in [5, 5.41) is 15.8. The standard InChI is InChI=1S/C52H26O4/c1-3-13-43-31(7-1)39-23-25-41-37-11-5-9-35(47(37)55-51(41)49(39)53-43)29-19-15-27-18-22-34-30(20-16-28-17-21-33(29)45(27)46(28)34)36-10-6-12-38-42-26-24-40-32-8-2-4-14-44(32)54-50(40)52(42)56-48(36)38/h1-26H. The quantitative estimate of drug-likeness (QED) is 0.167. The lowest BCUT2D eigenvalue weighted by Crippen LogP contribution is -1.90. The van der Waals surface area contributed by atoms with Crippen LogP contribution in [0.15, 0.2) is 175 Å². The summed E-state index contributed by atoms with van der Waals surface area (Å²) < 4.78 is 26.5. The molecule has 4 aromatic heterocycles.